The van der Waals surface area contributed by atoms with Crippen LogP contribution >= 0.6 is 34.4 Å². The maximum absolute atomic E-state index is 12.7. The minimum Gasteiger partial charge on any atom is -0.497 e. The third-order valence-electron chi connectivity index (χ3n) is 2.98. The van der Waals surface area contributed by atoms with Crippen LogP contribution in [0.2, 0.25) is 0 Å². The van der Waals surface area contributed by atoms with E-state index in [9.17, 15) is 18.0 Å². The van der Waals surface area contributed by atoms with E-state index in [-0.39, 0.29) is 17.3 Å². The molecule has 0 saturated carbocycles. The summed E-state index contributed by atoms with van der Waals surface area (Å²) in [5.41, 5.74) is -0.639. The third kappa shape index (κ3) is 5.30. The number of nitrogens with one attached hydrogen (secondary N) is 1. The molecule has 2 rings (SSSR count). The molecule has 0 atom stereocenters. The van der Waals surface area contributed by atoms with Gasteiger partial charge in [0.05, 0.1) is 24.1 Å². The molecule has 0 unspecified atom stereocenters. The fraction of sp³-hybridized carbons (Fsp3) is 0.188. The highest BCUT2D eigenvalue weighted by molar-refractivity contribution is 14.1. The summed E-state index contributed by atoms with van der Waals surface area (Å²) >= 11 is 3.16. The number of alkyl halides is 3. The van der Waals surface area contributed by atoms with Crippen LogP contribution in [0.3, 0.4) is 0 Å². The molecule has 24 heavy (non-hydrogen) atoms. The van der Waals surface area contributed by atoms with E-state index in [0.717, 1.165) is 17.0 Å². The zero-order valence-corrected chi connectivity index (χ0v) is 15.5. The molecular formula is C16H13F3INO2S. The Morgan fingerprint density at radius 3 is 2.67 bits per heavy atom. The predicted octanol–water partition coefficient (Wildman–Crippen LogP) is 5.05. The summed E-state index contributed by atoms with van der Waals surface area (Å²) in [6, 6.07) is 10.5. The smallest absolute Gasteiger partial charge is 0.416 e. The molecule has 0 radical (unpaired) electrons. The molecule has 0 aromatic heterocycles. The Bertz CT molecular complexity index is 738. The lowest BCUT2D eigenvalue weighted by atomic mass is 10.2. The molecule has 2 aromatic carbocycles. The summed E-state index contributed by atoms with van der Waals surface area (Å²) in [5.74, 6) is 0.382. The van der Waals surface area contributed by atoms with Crippen molar-refractivity contribution in [3.8, 4) is 5.75 Å². The van der Waals surface area contributed by atoms with Crippen LogP contribution in [0, 0.1) is 3.57 Å². The Kier molecular flexibility index (Phi) is 6.39. The molecule has 0 aliphatic rings. The van der Waals surface area contributed by atoms with E-state index >= 15 is 0 Å². The second-order valence-electron chi connectivity index (χ2n) is 4.71. The molecule has 1 N–H and O–H groups in total. The molecular weight excluding hydrogens is 454 g/mol. The molecule has 2 aromatic rings. The fourth-order valence-corrected chi connectivity index (χ4v) is 3.04. The van der Waals surface area contributed by atoms with Gasteiger partial charge < -0.3 is 10.1 Å². The van der Waals surface area contributed by atoms with E-state index in [0.29, 0.717) is 9.32 Å². The number of benzene rings is 2. The lowest BCUT2D eigenvalue weighted by Crippen LogP contribution is -2.16. The van der Waals surface area contributed by atoms with Crippen molar-refractivity contribution in [1.82, 2.24) is 0 Å². The van der Waals surface area contributed by atoms with E-state index < -0.39 is 11.7 Å². The molecule has 0 fully saturated rings. The molecule has 0 aliphatic heterocycles. The topological polar surface area (TPSA) is 38.3 Å². The normalized spacial score (nSPS) is 11.2. The van der Waals surface area contributed by atoms with Crippen LogP contribution in [0.5, 0.6) is 5.75 Å². The van der Waals surface area contributed by atoms with Gasteiger partial charge in [-0.05, 0) is 59.0 Å². The number of thioether (sulfide) groups is 1. The summed E-state index contributed by atoms with van der Waals surface area (Å²) in [6.07, 6.45) is -4.45. The maximum Gasteiger partial charge on any atom is 0.416 e. The highest BCUT2D eigenvalue weighted by Gasteiger charge is 2.31. The molecule has 0 bridgehead atoms. The predicted molar refractivity (Wildman–Crippen MR) is 96.5 cm³/mol. The van der Waals surface area contributed by atoms with Crippen LogP contribution in [0.15, 0.2) is 47.4 Å². The zero-order valence-electron chi connectivity index (χ0n) is 12.5. The summed E-state index contributed by atoms with van der Waals surface area (Å²) in [4.78, 5) is 12.8. The van der Waals surface area contributed by atoms with Gasteiger partial charge in [-0.25, -0.2) is 0 Å². The van der Waals surface area contributed by atoms with Crippen molar-refractivity contribution in [2.45, 2.75) is 11.1 Å². The van der Waals surface area contributed by atoms with Gasteiger partial charge in [-0.15, -0.1) is 11.8 Å². The molecule has 1 amide bonds. The number of halogens is 4. The van der Waals surface area contributed by atoms with Crippen LogP contribution in [0.4, 0.5) is 18.9 Å². The molecule has 8 heteroatoms. The van der Waals surface area contributed by atoms with Crippen molar-refractivity contribution < 1.29 is 22.7 Å². The third-order valence-corrected chi connectivity index (χ3v) is 4.91. The highest BCUT2D eigenvalue weighted by atomic mass is 127. The van der Waals surface area contributed by atoms with Crippen LogP contribution in [-0.2, 0) is 11.0 Å². The number of methoxy groups -OCH3 is 1. The number of amides is 1. The number of carbonyl (C=O) groups excluding carboxylic acids is 1. The quantitative estimate of drug-likeness (QED) is 0.494. The second-order valence-corrected chi connectivity index (χ2v) is 6.92. The van der Waals surface area contributed by atoms with Gasteiger partial charge in [0.2, 0.25) is 5.91 Å². The first-order chi connectivity index (χ1) is 11.3. The van der Waals surface area contributed by atoms with Crippen LogP contribution in [0.25, 0.3) is 0 Å². The Labute approximate surface area is 155 Å². The van der Waals surface area contributed by atoms with E-state index in [4.69, 9.17) is 4.74 Å². The Hall–Kier alpha value is -1.42. The fourth-order valence-electron chi connectivity index (χ4n) is 1.82. The molecule has 3 nitrogen and oxygen atoms in total. The maximum atomic E-state index is 12.7. The second kappa shape index (κ2) is 8.11. The minimum absolute atomic E-state index is 0.0828. The van der Waals surface area contributed by atoms with Crippen molar-refractivity contribution in [2.75, 3.05) is 18.2 Å². The van der Waals surface area contributed by atoms with E-state index in [1.807, 2.05) is 28.7 Å². The van der Waals surface area contributed by atoms with Crippen LogP contribution < -0.4 is 10.1 Å². The Morgan fingerprint density at radius 2 is 2.00 bits per heavy atom. The van der Waals surface area contributed by atoms with Crippen molar-refractivity contribution >= 4 is 45.9 Å². The van der Waals surface area contributed by atoms with Gasteiger partial charge in [0.15, 0.2) is 0 Å². The van der Waals surface area contributed by atoms with Crippen molar-refractivity contribution in [3.05, 3.63) is 51.6 Å². The summed E-state index contributed by atoms with van der Waals surface area (Å²) in [7, 11) is 1.55. The van der Waals surface area contributed by atoms with Crippen LogP contribution in [-0.4, -0.2) is 18.8 Å². The molecule has 0 saturated heterocycles. The van der Waals surface area contributed by atoms with Crippen molar-refractivity contribution in [2.24, 2.45) is 0 Å². The average molecular weight is 467 g/mol. The SMILES string of the molecule is COc1cccc(SCC(=O)Nc2cc(C(F)(F)F)ccc2I)c1. The Morgan fingerprint density at radius 1 is 1.25 bits per heavy atom. The summed E-state index contributed by atoms with van der Waals surface area (Å²) < 4.78 is 43.9. The van der Waals surface area contributed by atoms with Gasteiger partial charge in [-0.1, -0.05) is 6.07 Å². The number of anilines is 1. The first kappa shape index (κ1) is 18.9. The highest BCUT2D eigenvalue weighted by Crippen LogP contribution is 2.32. The number of hydrogen-bond acceptors (Lipinski definition) is 3. The standard InChI is InChI=1S/C16H13F3INO2S/c1-23-11-3-2-4-12(8-11)24-9-15(22)21-14-7-10(16(17,18)19)5-6-13(14)20/h2-8H,9H2,1H3,(H,21,22). The number of hydrogen-bond donors (Lipinski definition) is 1. The molecule has 0 aliphatic carbocycles. The summed E-state index contributed by atoms with van der Waals surface area (Å²) in [5, 5.41) is 2.52. The van der Waals surface area contributed by atoms with Crippen LogP contribution in [0.1, 0.15) is 5.56 Å². The van der Waals surface area contributed by atoms with Gasteiger partial charge in [0.25, 0.3) is 0 Å². The summed E-state index contributed by atoms with van der Waals surface area (Å²) in [6.45, 7) is 0. The van der Waals surface area contributed by atoms with Crippen molar-refractivity contribution in [1.29, 1.82) is 0 Å². The zero-order chi connectivity index (χ0) is 17.7. The number of ether oxygens (including phenoxy) is 1. The number of rotatable bonds is 5. The van der Waals surface area contributed by atoms with E-state index in [2.05, 4.69) is 5.32 Å². The minimum atomic E-state index is -4.45. The Balaban J connectivity index is 2.02. The molecule has 128 valence electrons. The monoisotopic (exact) mass is 467 g/mol. The molecule has 0 heterocycles. The van der Waals surface area contributed by atoms with E-state index in [1.165, 1.54) is 17.8 Å². The average Bonchev–Trinajstić information content (AvgIpc) is 2.54. The van der Waals surface area contributed by atoms with Gasteiger partial charge in [0, 0.05) is 8.47 Å². The van der Waals surface area contributed by atoms with Gasteiger partial charge in [-0.3, -0.25) is 4.79 Å². The first-order valence-corrected chi connectivity index (χ1v) is 8.79. The lowest BCUT2D eigenvalue weighted by molar-refractivity contribution is -0.137. The molecule has 0 spiro atoms. The van der Waals surface area contributed by atoms with Gasteiger partial charge in [-0.2, -0.15) is 13.2 Å². The lowest BCUT2D eigenvalue weighted by Gasteiger charge is -2.12. The van der Waals surface area contributed by atoms with Gasteiger partial charge in [0.1, 0.15) is 5.75 Å². The first-order valence-electron chi connectivity index (χ1n) is 6.73. The van der Waals surface area contributed by atoms with Gasteiger partial charge >= 0.3 is 6.18 Å². The van der Waals surface area contributed by atoms with Crippen molar-refractivity contribution in [3.63, 3.8) is 0 Å². The van der Waals surface area contributed by atoms with E-state index in [1.54, 1.807) is 25.3 Å². The largest absolute Gasteiger partial charge is 0.497 e. The number of carbonyl (C=O) groups is 1.